The summed E-state index contributed by atoms with van der Waals surface area (Å²) in [4.78, 5) is 48.6. The van der Waals surface area contributed by atoms with Crippen LogP contribution in [0.15, 0.2) is 48.6 Å². The number of hydrogen-bond acceptors (Lipinski definition) is 10. The van der Waals surface area contributed by atoms with Gasteiger partial charge >= 0.3 is 25.7 Å². The smallest absolute Gasteiger partial charge is 0.462 e. The van der Waals surface area contributed by atoms with Gasteiger partial charge in [-0.05, 0) is 70.6 Å². The van der Waals surface area contributed by atoms with Crippen LogP contribution in [-0.2, 0) is 42.2 Å². The third-order valence-corrected chi connectivity index (χ3v) is 14.2. The van der Waals surface area contributed by atoms with Crippen LogP contribution in [0.4, 0.5) is 0 Å². The summed E-state index contributed by atoms with van der Waals surface area (Å²) in [7, 11) is -4.75. The van der Waals surface area contributed by atoms with Crippen molar-refractivity contribution in [1.29, 1.82) is 0 Å². The topological polar surface area (TPSA) is 155 Å². The summed E-state index contributed by atoms with van der Waals surface area (Å²) < 4.78 is 39.6. The molecule has 0 fully saturated rings. The molecule has 0 spiro atoms. The van der Waals surface area contributed by atoms with Crippen molar-refractivity contribution in [2.24, 2.45) is 0 Å². The van der Waals surface area contributed by atoms with Crippen LogP contribution in [-0.4, -0.2) is 66.5 Å². The molecule has 0 aliphatic carbocycles. The highest BCUT2D eigenvalue weighted by Gasteiger charge is 2.28. The second-order valence-electron chi connectivity index (χ2n) is 20.5. The average Bonchev–Trinajstić information content (AvgIpc) is 3.39. The van der Waals surface area contributed by atoms with E-state index in [1.165, 1.54) is 122 Å². The molecule has 11 nitrogen and oxygen atoms in total. The zero-order chi connectivity index (χ0) is 54.1. The van der Waals surface area contributed by atoms with Gasteiger partial charge in [-0.1, -0.05) is 249 Å². The number of ether oxygens (including phenoxy) is 3. The van der Waals surface area contributed by atoms with Crippen LogP contribution in [0.5, 0.6) is 0 Å². The van der Waals surface area contributed by atoms with Crippen molar-refractivity contribution in [3.05, 3.63) is 48.6 Å². The highest BCUT2D eigenvalue weighted by molar-refractivity contribution is 7.47. The van der Waals surface area contributed by atoms with Crippen molar-refractivity contribution in [2.45, 2.75) is 303 Å². The van der Waals surface area contributed by atoms with E-state index in [0.717, 1.165) is 109 Å². The first-order valence-electron chi connectivity index (χ1n) is 30.5. The van der Waals surface area contributed by atoms with Crippen LogP contribution in [0.3, 0.4) is 0 Å². The molecule has 0 aromatic carbocycles. The molecule has 0 aliphatic rings. The van der Waals surface area contributed by atoms with Crippen LogP contribution in [0.1, 0.15) is 290 Å². The van der Waals surface area contributed by atoms with Crippen LogP contribution in [0, 0.1) is 0 Å². The summed E-state index contributed by atoms with van der Waals surface area (Å²) >= 11 is 0. The molecular weight excluding hydrogens is 952 g/mol. The minimum atomic E-state index is -4.75. The van der Waals surface area contributed by atoms with E-state index in [4.69, 9.17) is 23.3 Å². The first kappa shape index (κ1) is 71.4. The number of aliphatic hydroxyl groups excluding tert-OH is 1. The van der Waals surface area contributed by atoms with Crippen LogP contribution < -0.4 is 0 Å². The van der Waals surface area contributed by atoms with Crippen LogP contribution in [0.2, 0.25) is 0 Å². The number of rotatable bonds is 57. The quantitative estimate of drug-likeness (QED) is 0.0197. The Balaban J connectivity index is 4.68. The molecule has 0 saturated heterocycles. The van der Waals surface area contributed by atoms with E-state index < -0.39 is 57.8 Å². The van der Waals surface area contributed by atoms with Gasteiger partial charge in [0.15, 0.2) is 6.10 Å². The Morgan fingerprint density at radius 2 is 0.716 bits per heavy atom. The number of phosphoric acid groups is 1. The summed E-state index contributed by atoms with van der Waals surface area (Å²) in [6, 6.07) is 0. The van der Waals surface area contributed by atoms with Gasteiger partial charge < -0.3 is 24.2 Å². The Morgan fingerprint density at radius 1 is 0.392 bits per heavy atom. The lowest BCUT2D eigenvalue weighted by molar-refractivity contribution is -0.161. The minimum absolute atomic E-state index is 0.158. The van der Waals surface area contributed by atoms with E-state index in [0.29, 0.717) is 19.3 Å². The molecule has 0 amide bonds. The predicted octanol–water partition coefficient (Wildman–Crippen LogP) is 18.1. The second kappa shape index (κ2) is 56.6. The molecule has 0 aliphatic heterocycles. The number of aliphatic hydroxyl groups is 1. The van der Waals surface area contributed by atoms with Gasteiger partial charge in [-0.3, -0.25) is 23.4 Å². The van der Waals surface area contributed by atoms with E-state index in [-0.39, 0.29) is 25.9 Å². The summed E-state index contributed by atoms with van der Waals surface area (Å²) in [5.74, 6) is -1.47. The van der Waals surface area contributed by atoms with Gasteiger partial charge in [-0.2, -0.15) is 0 Å². The monoisotopic (exact) mass is 1060 g/mol. The standard InChI is InChI=1S/C62H113O11P/c1-4-7-10-13-16-19-22-24-26-28-29-31-32-34-37-39-42-45-48-51-60(64)69-55-59(73-62(66)53-50-47-44-41-38-35-33-30-27-25-23-20-17-14-11-8-5-2)57-71-74(67,68)70-56-58(54-63)72-61(65)52-49-46-43-40-36-21-18-15-12-9-6-3/h8,11,15,17-18,20,25,27,58-59,63H,4-7,9-10,12-14,16,19,21-24,26,28-57H2,1-3H3,(H,67,68)/b11-8-,18-15-,20-17-,27-25-. The zero-order valence-electron chi connectivity index (χ0n) is 47.8. The van der Waals surface area contributed by atoms with Crippen LogP contribution in [0.25, 0.3) is 0 Å². The maximum atomic E-state index is 12.9. The Bertz CT molecular complexity index is 1430. The molecule has 0 radical (unpaired) electrons. The van der Waals surface area contributed by atoms with Crippen molar-refractivity contribution in [2.75, 3.05) is 26.4 Å². The van der Waals surface area contributed by atoms with Crippen molar-refractivity contribution in [3.8, 4) is 0 Å². The molecule has 3 unspecified atom stereocenters. The van der Waals surface area contributed by atoms with E-state index in [2.05, 4.69) is 69.4 Å². The fourth-order valence-electron chi connectivity index (χ4n) is 8.59. The van der Waals surface area contributed by atoms with Gasteiger partial charge in [0.25, 0.3) is 0 Å². The molecule has 0 heterocycles. The number of carbonyl (C=O) groups is 3. The molecule has 0 saturated carbocycles. The molecule has 0 rings (SSSR count). The molecule has 74 heavy (non-hydrogen) atoms. The largest absolute Gasteiger partial charge is 0.472 e. The van der Waals surface area contributed by atoms with Gasteiger partial charge in [0.1, 0.15) is 12.7 Å². The zero-order valence-corrected chi connectivity index (χ0v) is 48.7. The first-order valence-corrected chi connectivity index (χ1v) is 32.0. The first-order chi connectivity index (χ1) is 36.2. The molecule has 12 heteroatoms. The van der Waals surface area contributed by atoms with Crippen LogP contribution >= 0.6 is 7.82 Å². The van der Waals surface area contributed by atoms with Gasteiger partial charge in [0.2, 0.25) is 0 Å². The Labute approximate surface area is 453 Å². The Morgan fingerprint density at radius 3 is 1.14 bits per heavy atom. The predicted molar refractivity (Wildman–Crippen MR) is 307 cm³/mol. The lowest BCUT2D eigenvalue weighted by Crippen LogP contribution is -2.30. The lowest BCUT2D eigenvalue weighted by Gasteiger charge is -2.21. The summed E-state index contributed by atoms with van der Waals surface area (Å²) in [5, 5.41) is 9.80. The minimum Gasteiger partial charge on any atom is -0.462 e. The molecular formula is C62H113O11P. The van der Waals surface area contributed by atoms with Crippen molar-refractivity contribution in [1.82, 2.24) is 0 Å². The summed E-state index contributed by atoms with van der Waals surface area (Å²) in [6.45, 7) is 4.52. The van der Waals surface area contributed by atoms with Crippen molar-refractivity contribution < 1.29 is 52.2 Å². The highest BCUT2D eigenvalue weighted by Crippen LogP contribution is 2.43. The lowest BCUT2D eigenvalue weighted by atomic mass is 10.0. The number of unbranched alkanes of at least 4 members (excludes halogenated alkanes) is 32. The molecule has 0 aromatic rings. The van der Waals surface area contributed by atoms with E-state index in [1.54, 1.807) is 0 Å². The third-order valence-electron chi connectivity index (χ3n) is 13.2. The maximum Gasteiger partial charge on any atom is 0.472 e. The molecule has 432 valence electrons. The number of phosphoric ester groups is 1. The molecule has 2 N–H and O–H groups in total. The fourth-order valence-corrected chi connectivity index (χ4v) is 9.37. The van der Waals surface area contributed by atoms with E-state index in [9.17, 15) is 28.9 Å². The van der Waals surface area contributed by atoms with Gasteiger partial charge in [-0.25, -0.2) is 4.57 Å². The van der Waals surface area contributed by atoms with Crippen molar-refractivity contribution in [3.63, 3.8) is 0 Å². The van der Waals surface area contributed by atoms with E-state index in [1.807, 2.05) is 0 Å². The highest BCUT2D eigenvalue weighted by atomic mass is 31.2. The third kappa shape index (κ3) is 54.2. The second-order valence-corrected chi connectivity index (χ2v) is 21.9. The SMILES string of the molecule is CC/C=C\C/C=C\C/C=C\CCCCCCCCCC(=O)OC(COC(=O)CCCCCCCCCCCCCCCCCCCCC)COP(=O)(O)OCC(CO)OC(=O)CCCCCCC/C=C\CCCC. The number of carbonyl (C=O) groups excluding carboxylic acids is 3. The molecule has 0 bridgehead atoms. The van der Waals surface area contributed by atoms with Crippen molar-refractivity contribution >= 4 is 25.7 Å². The molecule has 0 aromatic heterocycles. The maximum absolute atomic E-state index is 12.9. The van der Waals surface area contributed by atoms with Gasteiger partial charge in [0, 0.05) is 19.3 Å². The van der Waals surface area contributed by atoms with Gasteiger partial charge in [0.05, 0.1) is 19.8 Å². The Hall–Kier alpha value is -2.56. The molecule has 3 atom stereocenters. The number of allylic oxidation sites excluding steroid dienone is 8. The number of esters is 3. The summed E-state index contributed by atoms with van der Waals surface area (Å²) in [5.41, 5.74) is 0. The average molecular weight is 1070 g/mol. The van der Waals surface area contributed by atoms with Gasteiger partial charge in [-0.15, -0.1) is 0 Å². The fraction of sp³-hybridized carbons (Fsp3) is 0.823. The summed E-state index contributed by atoms with van der Waals surface area (Å²) in [6.07, 6.45) is 60.7. The Kier molecular flexibility index (Phi) is 54.7. The number of hydrogen-bond donors (Lipinski definition) is 2. The van der Waals surface area contributed by atoms with E-state index >= 15 is 0 Å². The normalized spacial score (nSPS) is 13.6.